The molecule has 11 heavy (non-hydrogen) atoms. The van der Waals surface area contributed by atoms with E-state index in [1.807, 2.05) is 0 Å². The molecule has 0 unspecified atom stereocenters. The second-order valence-corrected chi connectivity index (χ2v) is 2.98. The standard InChI is InChI=1S/C6H8F2N2S/c1-6(7,8)4-10-3-5(11)2-9-10/h2-3,11H,4H2,1H3. The van der Waals surface area contributed by atoms with Gasteiger partial charge in [-0.3, -0.25) is 4.68 Å². The monoisotopic (exact) mass is 178 g/mol. The van der Waals surface area contributed by atoms with Crippen LogP contribution in [0.4, 0.5) is 8.78 Å². The van der Waals surface area contributed by atoms with Crippen LogP contribution in [-0.4, -0.2) is 15.7 Å². The van der Waals surface area contributed by atoms with Crippen LogP contribution in [-0.2, 0) is 6.54 Å². The first-order valence-electron chi connectivity index (χ1n) is 3.07. The molecule has 0 radical (unpaired) electrons. The van der Waals surface area contributed by atoms with Crippen molar-refractivity contribution in [1.29, 1.82) is 0 Å². The third-order valence-electron chi connectivity index (χ3n) is 1.06. The average molecular weight is 178 g/mol. The van der Waals surface area contributed by atoms with E-state index in [4.69, 9.17) is 0 Å². The molecule has 0 aliphatic carbocycles. The van der Waals surface area contributed by atoms with Crippen LogP contribution < -0.4 is 0 Å². The van der Waals surface area contributed by atoms with Crippen LogP contribution in [0, 0.1) is 0 Å². The van der Waals surface area contributed by atoms with Crippen LogP contribution in [0.15, 0.2) is 17.3 Å². The molecule has 5 heteroatoms. The van der Waals surface area contributed by atoms with Gasteiger partial charge in [-0.15, -0.1) is 12.6 Å². The summed E-state index contributed by atoms with van der Waals surface area (Å²) in [4.78, 5) is 0.592. The van der Waals surface area contributed by atoms with E-state index in [2.05, 4.69) is 17.7 Å². The largest absolute Gasteiger partial charge is 0.266 e. The minimum absolute atomic E-state index is 0.395. The van der Waals surface area contributed by atoms with Crippen LogP contribution >= 0.6 is 12.6 Å². The van der Waals surface area contributed by atoms with Crippen molar-refractivity contribution in [3.8, 4) is 0 Å². The summed E-state index contributed by atoms with van der Waals surface area (Å²) in [6.07, 6.45) is 2.88. The van der Waals surface area contributed by atoms with Gasteiger partial charge in [0.25, 0.3) is 5.92 Å². The molecule has 1 aromatic rings. The maximum atomic E-state index is 12.3. The predicted octanol–water partition coefficient (Wildman–Crippen LogP) is 1.83. The molecule has 1 rings (SSSR count). The van der Waals surface area contributed by atoms with E-state index in [0.717, 1.165) is 6.92 Å². The normalized spacial score (nSPS) is 12.0. The molecule has 0 aromatic carbocycles. The molecule has 2 nitrogen and oxygen atoms in total. The number of aromatic nitrogens is 2. The number of hydrogen-bond donors (Lipinski definition) is 1. The number of alkyl halides is 2. The molecule has 0 saturated carbocycles. The van der Waals surface area contributed by atoms with E-state index in [0.29, 0.717) is 4.90 Å². The van der Waals surface area contributed by atoms with E-state index >= 15 is 0 Å². The van der Waals surface area contributed by atoms with Gasteiger partial charge < -0.3 is 0 Å². The third-order valence-corrected chi connectivity index (χ3v) is 1.29. The quantitative estimate of drug-likeness (QED) is 0.684. The highest BCUT2D eigenvalue weighted by molar-refractivity contribution is 7.80. The van der Waals surface area contributed by atoms with Gasteiger partial charge in [-0.2, -0.15) is 5.10 Å². The van der Waals surface area contributed by atoms with Gasteiger partial charge in [0, 0.05) is 18.0 Å². The van der Waals surface area contributed by atoms with Crippen molar-refractivity contribution in [3.05, 3.63) is 12.4 Å². The Morgan fingerprint density at radius 2 is 2.36 bits per heavy atom. The van der Waals surface area contributed by atoms with Crippen LogP contribution in [0.1, 0.15) is 6.92 Å². The fraction of sp³-hybridized carbons (Fsp3) is 0.500. The minimum atomic E-state index is -2.72. The molecule has 0 N–H and O–H groups in total. The van der Waals surface area contributed by atoms with Gasteiger partial charge in [-0.25, -0.2) is 8.78 Å². The van der Waals surface area contributed by atoms with Gasteiger partial charge >= 0.3 is 0 Å². The molecular formula is C6H8F2N2S. The molecule has 0 amide bonds. The zero-order valence-electron chi connectivity index (χ0n) is 5.96. The summed E-state index contributed by atoms with van der Waals surface area (Å²) in [6, 6.07) is 0. The highest BCUT2D eigenvalue weighted by atomic mass is 32.1. The second-order valence-electron chi connectivity index (χ2n) is 2.47. The molecule has 0 aliphatic heterocycles. The molecule has 62 valence electrons. The van der Waals surface area contributed by atoms with E-state index < -0.39 is 12.5 Å². The first-order valence-corrected chi connectivity index (χ1v) is 3.51. The average Bonchev–Trinajstić information content (AvgIpc) is 2.10. The number of thiol groups is 1. The number of rotatable bonds is 2. The lowest BCUT2D eigenvalue weighted by molar-refractivity contribution is 0.000535. The molecule has 0 fully saturated rings. The fourth-order valence-electron chi connectivity index (χ4n) is 0.724. The van der Waals surface area contributed by atoms with Crippen molar-refractivity contribution in [2.24, 2.45) is 0 Å². The maximum Gasteiger partial charge on any atom is 0.264 e. The molecule has 0 atom stereocenters. The van der Waals surface area contributed by atoms with Crippen LogP contribution in [0.2, 0.25) is 0 Å². The molecule has 0 spiro atoms. The summed E-state index contributed by atoms with van der Waals surface area (Å²) in [5.41, 5.74) is 0. The number of halogens is 2. The third kappa shape index (κ3) is 2.88. The predicted molar refractivity (Wildman–Crippen MR) is 40.1 cm³/mol. The topological polar surface area (TPSA) is 17.8 Å². The van der Waals surface area contributed by atoms with E-state index in [1.165, 1.54) is 17.1 Å². The highest BCUT2D eigenvalue weighted by Crippen LogP contribution is 2.14. The smallest absolute Gasteiger partial charge is 0.264 e. The molecule has 1 heterocycles. The Labute approximate surface area is 68.6 Å². The lowest BCUT2D eigenvalue weighted by atomic mass is 10.4. The first-order chi connectivity index (χ1) is 4.97. The second kappa shape index (κ2) is 2.81. The number of hydrogen-bond acceptors (Lipinski definition) is 2. The molecule has 1 aromatic heterocycles. The van der Waals surface area contributed by atoms with Gasteiger partial charge in [-0.1, -0.05) is 0 Å². The van der Waals surface area contributed by atoms with Crippen molar-refractivity contribution < 1.29 is 8.78 Å². The van der Waals surface area contributed by atoms with E-state index in [1.54, 1.807) is 0 Å². The zero-order valence-corrected chi connectivity index (χ0v) is 6.85. The number of nitrogens with zero attached hydrogens (tertiary/aromatic N) is 2. The van der Waals surface area contributed by atoms with Crippen molar-refractivity contribution in [3.63, 3.8) is 0 Å². The van der Waals surface area contributed by atoms with Crippen molar-refractivity contribution in [2.45, 2.75) is 24.3 Å². The first kappa shape index (κ1) is 8.52. The highest BCUT2D eigenvalue weighted by Gasteiger charge is 2.21. The van der Waals surface area contributed by atoms with Gasteiger partial charge in [0.05, 0.1) is 6.20 Å². The summed E-state index contributed by atoms with van der Waals surface area (Å²) >= 11 is 3.93. The Hall–Kier alpha value is -0.580. The Morgan fingerprint density at radius 3 is 2.73 bits per heavy atom. The zero-order chi connectivity index (χ0) is 8.48. The molecule has 0 aliphatic rings. The summed E-state index contributed by atoms with van der Waals surface area (Å²) in [7, 11) is 0. The van der Waals surface area contributed by atoms with Gasteiger partial charge in [0.2, 0.25) is 0 Å². The molecule has 0 saturated heterocycles. The lowest BCUT2D eigenvalue weighted by Gasteiger charge is -2.08. The Kier molecular flexibility index (Phi) is 2.17. The SMILES string of the molecule is CC(F)(F)Cn1cc(S)cn1. The fourth-order valence-corrected chi connectivity index (χ4v) is 0.909. The van der Waals surface area contributed by atoms with Crippen molar-refractivity contribution in [1.82, 2.24) is 9.78 Å². The van der Waals surface area contributed by atoms with Gasteiger partial charge in [0.15, 0.2) is 0 Å². The van der Waals surface area contributed by atoms with E-state index in [9.17, 15) is 8.78 Å². The maximum absolute atomic E-state index is 12.3. The minimum Gasteiger partial charge on any atom is -0.266 e. The van der Waals surface area contributed by atoms with Crippen molar-refractivity contribution >= 4 is 12.6 Å². The lowest BCUT2D eigenvalue weighted by Crippen LogP contribution is -2.19. The van der Waals surface area contributed by atoms with Crippen LogP contribution in [0.3, 0.4) is 0 Å². The van der Waals surface area contributed by atoms with Crippen LogP contribution in [0.25, 0.3) is 0 Å². The summed E-state index contributed by atoms with van der Waals surface area (Å²) < 4.78 is 25.8. The van der Waals surface area contributed by atoms with Crippen LogP contribution in [0.5, 0.6) is 0 Å². The molecule has 0 bridgehead atoms. The van der Waals surface area contributed by atoms with Gasteiger partial charge in [0.1, 0.15) is 6.54 Å². The Bertz CT molecular complexity index is 241. The summed E-state index contributed by atoms with van der Waals surface area (Å²) in [5, 5.41) is 3.66. The Balaban J connectivity index is 2.65. The van der Waals surface area contributed by atoms with Gasteiger partial charge in [-0.05, 0) is 0 Å². The van der Waals surface area contributed by atoms with Crippen molar-refractivity contribution in [2.75, 3.05) is 0 Å². The summed E-state index contributed by atoms with van der Waals surface area (Å²) in [6.45, 7) is 0.459. The van der Waals surface area contributed by atoms with E-state index in [-0.39, 0.29) is 0 Å². The molecular weight excluding hydrogens is 170 g/mol. The summed E-state index contributed by atoms with van der Waals surface area (Å²) in [5.74, 6) is -2.72. The Morgan fingerprint density at radius 1 is 1.73 bits per heavy atom.